The Labute approximate surface area is 222 Å². The van der Waals surface area contributed by atoms with Crippen LogP contribution in [0.3, 0.4) is 0 Å². The summed E-state index contributed by atoms with van der Waals surface area (Å²) < 4.78 is 76.6. The molecule has 198 valence electrons. The highest BCUT2D eigenvalue weighted by Crippen LogP contribution is 2.39. The van der Waals surface area contributed by atoms with Crippen molar-refractivity contribution >= 4 is 44.1 Å². The van der Waals surface area contributed by atoms with Crippen molar-refractivity contribution < 1.29 is 36.0 Å². The third-order valence-electron chi connectivity index (χ3n) is 5.60. The Balaban J connectivity index is 1.40. The predicted molar refractivity (Wildman–Crippen MR) is 139 cm³/mol. The molecule has 2 heterocycles. The van der Waals surface area contributed by atoms with Gasteiger partial charge in [-0.05, 0) is 36.8 Å². The van der Waals surface area contributed by atoms with Crippen LogP contribution in [0.5, 0.6) is 5.75 Å². The fraction of sp³-hybridized carbons (Fsp3) is 0.200. The average Bonchev–Trinajstić information content (AvgIpc) is 3.34. The van der Waals surface area contributed by atoms with Crippen molar-refractivity contribution in [3.8, 4) is 11.8 Å². The summed E-state index contributed by atoms with van der Waals surface area (Å²) in [7, 11) is -8.63. The summed E-state index contributed by atoms with van der Waals surface area (Å²) in [5, 5.41) is 8.53. The first-order valence-electron chi connectivity index (χ1n) is 11.4. The van der Waals surface area contributed by atoms with Gasteiger partial charge in [-0.1, -0.05) is 6.07 Å². The third-order valence-corrected chi connectivity index (χ3v) is 10.4. The van der Waals surface area contributed by atoms with Gasteiger partial charge in [-0.3, -0.25) is 4.57 Å². The van der Waals surface area contributed by atoms with Gasteiger partial charge in [-0.2, -0.15) is 5.26 Å². The number of hydrogen-bond acceptors (Lipinski definition) is 6. The Hall–Kier alpha value is -3.20. The standard InChI is InChI=1S/C25H22F2N3O5PS2/c26-22-14-20(7-6-18(22)16-28)36(31,32)17-29-38(33,34)25-15-21-23(27)12-19(13-24(21)37-25)35-11-5-4-10-30-8-2-1-3-9-30/h1-3,6-9,12-15,29H,4-5,10-11,17H2/p+1. The van der Waals surface area contributed by atoms with E-state index in [1.54, 1.807) is 12.1 Å². The number of aromatic nitrogens is 1. The second kappa shape index (κ2) is 11.7. The number of rotatable bonds is 11. The molecule has 0 bridgehead atoms. The van der Waals surface area contributed by atoms with E-state index in [1.165, 1.54) is 6.07 Å². The lowest BCUT2D eigenvalue weighted by molar-refractivity contribution is -0.697. The van der Waals surface area contributed by atoms with E-state index < -0.39 is 35.3 Å². The molecule has 8 nitrogen and oxygen atoms in total. The molecule has 4 rings (SSSR count). The summed E-state index contributed by atoms with van der Waals surface area (Å²) in [6.45, 7) is 1.18. The summed E-state index contributed by atoms with van der Waals surface area (Å²) in [5.41, 5.74) is -0.309. The number of benzene rings is 2. The maximum Gasteiger partial charge on any atom is 0.250 e. The maximum atomic E-state index is 14.7. The molecule has 1 atom stereocenters. The second-order valence-corrected chi connectivity index (χ2v) is 13.6. The minimum atomic E-state index is -4.34. The summed E-state index contributed by atoms with van der Waals surface area (Å²) in [5.74, 6) is -1.38. The zero-order valence-corrected chi connectivity index (χ0v) is 22.4. The van der Waals surface area contributed by atoms with Gasteiger partial charge in [0.1, 0.15) is 34.2 Å². The van der Waals surface area contributed by atoms with Crippen LogP contribution in [0.15, 0.2) is 71.2 Å². The molecule has 0 spiro atoms. The molecule has 0 radical (unpaired) electrons. The first-order valence-corrected chi connectivity index (χ1v) is 15.6. The molecule has 0 fully saturated rings. The number of fused-ring (bicyclic) bond motifs is 1. The van der Waals surface area contributed by atoms with Gasteiger partial charge in [0.15, 0.2) is 12.4 Å². The molecule has 1 unspecified atom stereocenters. The number of nitrogens with one attached hydrogen (secondary N) is 1. The Bertz CT molecular complexity index is 1660. The van der Waals surface area contributed by atoms with Gasteiger partial charge in [0.2, 0.25) is 7.37 Å². The Morgan fingerprint density at radius 2 is 1.84 bits per heavy atom. The van der Waals surface area contributed by atoms with Crippen molar-refractivity contribution in [3.63, 3.8) is 0 Å². The molecule has 2 aromatic heterocycles. The van der Waals surface area contributed by atoms with Gasteiger partial charge < -0.3 is 9.63 Å². The number of ether oxygens (including phenoxy) is 1. The molecule has 0 aliphatic carbocycles. The van der Waals surface area contributed by atoms with Crippen LogP contribution in [-0.4, -0.2) is 26.2 Å². The van der Waals surface area contributed by atoms with E-state index in [1.807, 2.05) is 39.9 Å². The van der Waals surface area contributed by atoms with Gasteiger partial charge >= 0.3 is 0 Å². The van der Waals surface area contributed by atoms with Crippen molar-refractivity contribution in [1.29, 1.82) is 5.26 Å². The molecule has 2 N–H and O–H groups in total. The van der Waals surface area contributed by atoms with E-state index in [4.69, 9.17) is 10.00 Å². The van der Waals surface area contributed by atoms with Crippen molar-refractivity contribution in [2.24, 2.45) is 0 Å². The quantitative estimate of drug-likeness (QED) is 0.158. The van der Waals surface area contributed by atoms with Crippen LogP contribution in [0.2, 0.25) is 0 Å². The van der Waals surface area contributed by atoms with Crippen LogP contribution in [0.1, 0.15) is 18.4 Å². The van der Waals surface area contributed by atoms with Crippen LogP contribution in [-0.2, 0) is 21.1 Å². The van der Waals surface area contributed by atoms with Crippen LogP contribution in [0.25, 0.3) is 10.1 Å². The smallest absolute Gasteiger partial charge is 0.250 e. The molecule has 0 aliphatic heterocycles. The molecule has 13 heteroatoms. The average molecular weight is 579 g/mol. The second-order valence-electron chi connectivity index (χ2n) is 8.33. The fourth-order valence-electron chi connectivity index (χ4n) is 3.58. The lowest BCUT2D eigenvalue weighted by atomic mass is 10.2. The highest BCUT2D eigenvalue weighted by atomic mass is 32.2. The number of unbranched alkanes of at least 4 members (excludes halogenated alkanes) is 1. The zero-order chi connectivity index (χ0) is 27.3. The van der Waals surface area contributed by atoms with Crippen molar-refractivity contribution in [2.75, 3.05) is 12.9 Å². The van der Waals surface area contributed by atoms with E-state index in [0.717, 1.165) is 55.0 Å². The monoisotopic (exact) mass is 578 g/mol. The lowest BCUT2D eigenvalue weighted by Crippen LogP contribution is -2.32. The van der Waals surface area contributed by atoms with E-state index >= 15 is 0 Å². The maximum absolute atomic E-state index is 14.7. The van der Waals surface area contributed by atoms with Crippen LogP contribution < -0.4 is 19.3 Å². The van der Waals surface area contributed by atoms with Crippen molar-refractivity contribution in [1.82, 2.24) is 4.72 Å². The number of hydrogen-bond donors (Lipinski definition) is 2. The number of halogens is 2. The fourth-order valence-corrected chi connectivity index (χ4v) is 7.90. The van der Waals surface area contributed by atoms with Crippen molar-refractivity contribution in [2.45, 2.75) is 23.6 Å². The summed E-state index contributed by atoms with van der Waals surface area (Å²) in [4.78, 5) is 10.3. The summed E-state index contributed by atoms with van der Waals surface area (Å²) in [6, 6.07) is 14.2. The minimum Gasteiger partial charge on any atom is -0.493 e. The SMILES string of the molecule is N#Cc1ccc(P(=O)(O)CNS(=O)(=O)c2cc3c(F)cc(OCCCC[n+]4ccccc4)cc3s2)cc1F. The largest absolute Gasteiger partial charge is 0.493 e. The normalized spacial score (nSPS) is 13.2. The van der Waals surface area contributed by atoms with E-state index in [0.29, 0.717) is 11.3 Å². The van der Waals surface area contributed by atoms with Gasteiger partial charge in [0.05, 0.1) is 18.5 Å². The number of pyridine rings is 1. The molecule has 2 aromatic carbocycles. The molecule has 0 saturated heterocycles. The highest BCUT2D eigenvalue weighted by Gasteiger charge is 2.27. The first-order chi connectivity index (χ1) is 18.1. The third kappa shape index (κ3) is 6.62. The van der Waals surface area contributed by atoms with E-state index in [2.05, 4.69) is 0 Å². The van der Waals surface area contributed by atoms with Gasteiger partial charge in [0.25, 0.3) is 10.0 Å². The number of sulfonamides is 1. The molecule has 4 aromatic rings. The molecule has 0 amide bonds. The highest BCUT2D eigenvalue weighted by molar-refractivity contribution is 7.92. The molecule has 0 saturated carbocycles. The minimum absolute atomic E-state index is 0.0737. The van der Waals surface area contributed by atoms with E-state index in [9.17, 15) is 26.7 Å². The van der Waals surface area contributed by atoms with Crippen LogP contribution >= 0.6 is 18.7 Å². The van der Waals surface area contributed by atoms with Gasteiger partial charge in [-0.15, -0.1) is 11.3 Å². The summed E-state index contributed by atoms with van der Waals surface area (Å²) in [6.07, 6.45) is 4.62. The number of aryl methyl sites for hydroxylation is 1. The van der Waals surface area contributed by atoms with Gasteiger partial charge in [0, 0.05) is 40.0 Å². The van der Waals surface area contributed by atoms with Crippen LogP contribution in [0.4, 0.5) is 8.78 Å². The van der Waals surface area contributed by atoms with Crippen molar-refractivity contribution in [3.05, 3.63) is 84.2 Å². The van der Waals surface area contributed by atoms with Gasteiger partial charge in [-0.25, -0.2) is 26.5 Å². The molecular weight excluding hydrogens is 555 g/mol. The lowest BCUT2D eigenvalue weighted by Gasteiger charge is -2.13. The number of thiophene rings is 1. The summed E-state index contributed by atoms with van der Waals surface area (Å²) >= 11 is 0.786. The Morgan fingerprint density at radius 3 is 2.55 bits per heavy atom. The molecular formula is C25H23F2N3O5PS2+. The predicted octanol–water partition coefficient (Wildman–Crippen LogP) is 4.03. The number of nitrogens with zero attached hydrogens (tertiary/aromatic N) is 2. The number of nitriles is 1. The van der Waals surface area contributed by atoms with Crippen LogP contribution in [0, 0.1) is 23.0 Å². The Kier molecular flexibility index (Phi) is 8.55. The molecule has 38 heavy (non-hydrogen) atoms. The van der Waals surface area contributed by atoms with E-state index in [-0.39, 0.29) is 26.2 Å². The Morgan fingerprint density at radius 1 is 1.08 bits per heavy atom. The zero-order valence-electron chi connectivity index (χ0n) is 19.9. The topological polar surface area (TPSA) is 120 Å². The molecule has 0 aliphatic rings. The first kappa shape index (κ1) is 27.8.